The SMILES string of the molecule is CCOc1ccc2cc3ccccc3nc2c1-c1nc2cc(C(F)(F)F)cnc2s1. The van der Waals surface area contributed by atoms with Gasteiger partial charge in [-0.05, 0) is 37.3 Å². The summed E-state index contributed by atoms with van der Waals surface area (Å²) in [5.41, 5.74) is 1.55. The van der Waals surface area contributed by atoms with Gasteiger partial charge in [-0.25, -0.2) is 15.0 Å². The lowest BCUT2D eigenvalue weighted by Crippen LogP contribution is -2.04. The number of halogens is 3. The number of pyridine rings is 2. The Kier molecular flexibility index (Phi) is 4.32. The van der Waals surface area contributed by atoms with Crippen molar-refractivity contribution in [2.45, 2.75) is 13.1 Å². The second-order valence-electron chi connectivity index (χ2n) is 6.69. The van der Waals surface area contributed by atoms with E-state index < -0.39 is 11.7 Å². The maximum atomic E-state index is 13.1. The van der Waals surface area contributed by atoms with Crippen LogP contribution in [0.2, 0.25) is 0 Å². The molecule has 0 aliphatic carbocycles. The summed E-state index contributed by atoms with van der Waals surface area (Å²) in [6.07, 6.45) is -3.63. The quantitative estimate of drug-likeness (QED) is 0.311. The molecule has 5 aromatic rings. The molecule has 2 aromatic carbocycles. The average molecular weight is 425 g/mol. The van der Waals surface area contributed by atoms with E-state index in [9.17, 15) is 13.2 Å². The first-order valence-corrected chi connectivity index (χ1v) is 10.0. The smallest absolute Gasteiger partial charge is 0.417 e. The number of thiazole rings is 1. The standard InChI is InChI=1S/C22H14F3N3OS/c1-2-29-17-8-7-13-9-12-5-3-4-6-15(12)27-19(13)18(17)21-28-16-10-14(22(23,24)25)11-26-20(16)30-21/h3-11H,2H2,1H3. The first-order valence-electron chi connectivity index (χ1n) is 9.23. The molecule has 0 bridgehead atoms. The lowest BCUT2D eigenvalue weighted by Gasteiger charge is -2.11. The molecular formula is C22H14F3N3OS. The van der Waals surface area contributed by atoms with Crippen molar-refractivity contribution >= 4 is 43.5 Å². The van der Waals surface area contributed by atoms with Crippen LogP contribution >= 0.6 is 11.3 Å². The fraction of sp³-hybridized carbons (Fsp3) is 0.136. The number of aromatic nitrogens is 3. The predicted octanol–water partition coefficient (Wildman–Crippen LogP) is 6.48. The number of benzene rings is 2. The zero-order valence-corrected chi connectivity index (χ0v) is 16.5. The Labute approximate surface area is 173 Å². The third kappa shape index (κ3) is 3.13. The molecule has 0 aliphatic rings. The van der Waals surface area contributed by atoms with E-state index in [1.807, 2.05) is 49.4 Å². The second-order valence-corrected chi connectivity index (χ2v) is 7.67. The van der Waals surface area contributed by atoms with E-state index in [4.69, 9.17) is 9.72 Å². The van der Waals surface area contributed by atoms with Gasteiger partial charge >= 0.3 is 6.18 Å². The van der Waals surface area contributed by atoms with Gasteiger partial charge in [-0.3, -0.25) is 0 Å². The van der Waals surface area contributed by atoms with E-state index in [0.29, 0.717) is 33.3 Å². The number of alkyl halides is 3. The van der Waals surface area contributed by atoms with Gasteiger partial charge in [-0.15, -0.1) is 0 Å². The Bertz CT molecular complexity index is 1410. The van der Waals surface area contributed by atoms with Crippen LogP contribution in [-0.2, 0) is 6.18 Å². The van der Waals surface area contributed by atoms with Crippen molar-refractivity contribution in [2.75, 3.05) is 6.61 Å². The average Bonchev–Trinajstić information content (AvgIpc) is 3.14. The van der Waals surface area contributed by atoms with Crippen LogP contribution in [0.5, 0.6) is 5.75 Å². The van der Waals surface area contributed by atoms with Gasteiger partial charge in [0.05, 0.1) is 28.8 Å². The Balaban J connectivity index is 1.79. The number of para-hydroxylation sites is 1. The molecule has 0 fully saturated rings. The fourth-order valence-corrected chi connectivity index (χ4v) is 4.33. The van der Waals surface area contributed by atoms with Crippen LogP contribution < -0.4 is 4.74 Å². The highest BCUT2D eigenvalue weighted by Gasteiger charge is 2.31. The van der Waals surface area contributed by atoms with E-state index in [2.05, 4.69) is 9.97 Å². The van der Waals surface area contributed by atoms with E-state index in [1.165, 1.54) is 11.3 Å². The maximum Gasteiger partial charge on any atom is 0.417 e. The van der Waals surface area contributed by atoms with Gasteiger partial charge in [0.2, 0.25) is 0 Å². The van der Waals surface area contributed by atoms with Gasteiger partial charge in [0, 0.05) is 17.0 Å². The lowest BCUT2D eigenvalue weighted by molar-refractivity contribution is -0.137. The van der Waals surface area contributed by atoms with Crippen LogP contribution in [0.3, 0.4) is 0 Å². The highest BCUT2D eigenvalue weighted by molar-refractivity contribution is 7.21. The fourth-order valence-electron chi connectivity index (χ4n) is 3.39. The Morgan fingerprint density at radius 3 is 2.60 bits per heavy atom. The summed E-state index contributed by atoms with van der Waals surface area (Å²) in [7, 11) is 0. The van der Waals surface area contributed by atoms with E-state index in [-0.39, 0.29) is 5.52 Å². The highest BCUT2D eigenvalue weighted by Crippen LogP contribution is 2.41. The molecule has 0 unspecified atom stereocenters. The zero-order valence-electron chi connectivity index (χ0n) is 15.7. The van der Waals surface area contributed by atoms with Crippen LogP contribution in [-0.4, -0.2) is 21.6 Å². The van der Waals surface area contributed by atoms with E-state index in [0.717, 1.165) is 28.6 Å². The van der Waals surface area contributed by atoms with Gasteiger partial charge in [0.1, 0.15) is 21.1 Å². The number of hydrogen-bond donors (Lipinski definition) is 0. The molecule has 0 N–H and O–H groups in total. The third-order valence-corrected chi connectivity index (χ3v) is 5.74. The number of fused-ring (bicyclic) bond motifs is 3. The summed E-state index contributed by atoms with van der Waals surface area (Å²) in [6, 6.07) is 14.6. The number of nitrogens with zero attached hydrogens (tertiary/aromatic N) is 3. The number of hydrogen-bond acceptors (Lipinski definition) is 5. The predicted molar refractivity (Wildman–Crippen MR) is 112 cm³/mol. The molecule has 0 radical (unpaired) electrons. The van der Waals surface area contributed by atoms with Crippen LogP contribution in [0.15, 0.2) is 54.7 Å². The topological polar surface area (TPSA) is 47.9 Å². The molecule has 0 saturated carbocycles. The van der Waals surface area contributed by atoms with Gasteiger partial charge in [0.15, 0.2) is 0 Å². The summed E-state index contributed by atoms with van der Waals surface area (Å²) >= 11 is 1.22. The molecule has 8 heteroatoms. The lowest BCUT2D eigenvalue weighted by atomic mass is 10.1. The third-order valence-electron chi connectivity index (χ3n) is 4.74. The molecule has 0 atom stereocenters. The summed E-state index contributed by atoms with van der Waals surface area (Å²) < 4.78 is 45.0. The molecule has 4 nitrogen and oxygen atoms in total. The first-order chi connectivity index (χ1) is 14.4. The number of ether oxygens (including phenoxy) is 1. The molecule has 0 spiro atoms. The molecule has 3 aromatic heterocycles. The molecule has 30 heavy (non-hydrogen) atoms. The second kappa shape index (κ2) is 6.91. The zero-order chi connectivity index (χ0) is 20.9. The Morgan fingerprint density at radius 1 is 0.967 bits per heavy atom. The van der Waals surface area contributed by atoms with Crippen molar-refractivity contribution < 1.29 is 17.9 Å². The van der Waals surface area contributed by atoms with Gasteiger partial charge in [-0.1, -0.05) is 29.5 Å². The Hall–Kier alpha value is -3.26. The van der Waals surface area contributed by atoms with Crippen LogP contribution in [0.25, 0.3) is 42.7 Å². The molecule has 0 amide bonds. The molecule has 150 valence electrons. The van der Waals surface area contributed by atoms with Crippen molar-refractivity contribution in [3.05, 3.63) is 60.3 Å². The van der Waals surface area contributed by atoms with Gasteiger partial charge in [0.25, 0.3) is 0 Å². The van der Waals surface area contributed by atoms with Crippen LogP contribution in [0.1, 0.15) is 12.5 Å². The van der Waals surface area contributed by atoms with E-state index in [1.54, 1.807) is 0 Å². The Morgan fingerprint density at radius 2 is 1.80 bits per heavy atom. The summed E-state index contributed by atoms with van der Waals surface area (Å²) in [5.74, 6) is 0.586. The molecule has 0 saturated heterocycles. The largest absolute Gasteiger partial charge is 0.493 e. The normalized spacial score (nSPS) is 12.1. The molecule has 0 aliphatic heterocycles. The van der Waals surface area contributed by atoms with Crippen molar-refractivity contribution in [1.29, 1.82) is 0 Å². The summed E-state index contributed by atoms with van der Waals surface area (Å²) in [4.78, 5) is 13.7. The monoisotopic (exact) mass is 425 g/mol. The summed E-state index contributed by atoms with van der Waals surface area (Å²) in [6.45, 7) is 2.31. The van der Waals surface area contributed by atoms with E-state index >= 15 is 0 Å². The summed E-state index contributed by atoms with van der Waals surface area (Å²) in [5, 5.41) is 2.42. The van der Waals surface area contributed by atoms with Gasteiger partial charge in [-0.2, -0.15) is 13.2 Å². The minimum absolute atomic E-state index is 0.199. The maximum absolute atomic E-state index is 13.1. The van der Waals surface area contributed by atoms with Crippen molar-refractivity contribution in [1.82, 2.24) is 15.0 Å². The van der Waals surface area contributed by atoms with Crippen molar-refractivity contribution in [3.8, 4) is 16.3 Å². The van der Waals surface area contributed by atoms with Crippen molar-refractivity contribution in [3.63, 3.8) is 0 Å². The minimum atomic E-state index is -4.47. The highest BCUT2D eigenvalue weighted by atomic mass is 32.1. The van der Waals surface area contributed by atoms with Crippen LogP contribution in [0.4, 0.5) is 13.2 Å². The molecule has 3 heterocycles. The molecule has 5 rings (SSSR count). The van der Waals surface area contributed by atoms with Crippen molar-refractivity contribution in [2.24, 2.45) is 0 Å². The first kappa shape index (κ1) is 18.7. The van der Waals surface area contributed by atoms with Crippen LogP contribution in [0, 0.1) is 0 Å². The number of rotatable bonds is 3. The minimum Gasteiger partial charge on any atom is -0.493 e. The van der Waals surface area contributed by atoms with Gasteiger partial charge < -0.3 is 4.74 Å². The molecular weight excluding hydrogens is 411 g/mol.